The molecule has 1 aromatic rings. The van der Waals surface area contributed by atoms with Crippen molar-refractivity contribution in [3.63, 3.8) is 0 Å². The van der Waals surface area contributed by atoms with Gasteiger partial charge in [0.2, 0.25) is 17.7 Å². The summed E-state index contributed by atoms with van der Waals surface area (Å²) in [4.78, 5) is 40.5. The lowest BCUT2D eigenvalue weighted by Gasteiger charge is -2.31. The van der Waals surface area contributed by atoms with Crippen LogP contribution in [0.4, 0.5) is 0 Å². The molecule has 1 aliphatic heterocycles. The number of carbonyl (C=O) groups excluding carboxylic acids is 3. The summed E-state index contributed by atoms with van der Waals surface area (Å²) in [7, 11) is 0. The Kier molecular flexibility index (Phi) is 5.46. The van der Waals surface area contributed by atoms with Crippen molar-refractivity contribution in [3.8, 4) is 0 Å². The molecule has 1 fully saturated rings. The summed E-state index contributed by atoms with van der Waals surface area (Å²) < 4.78 is 0. The van der Waals surface area contributed by atoms with Gasteiger partial charge in [0.1, 0.15) is 0 Å². The van der Waals surface area contributed by atoms with E-state index in [-0.39, 0.29) is 24.3 Å². The molecule has 2 heterocycles. The molecule has 118 valence electrons. The van der Waals surface area contributed by atoms with Gasteiger partial charge in [-0.1, -0.05) is 6.07 Å². The van der Waals surface area contributed by atoms with Crippen LogP contribution in [0.1, 0.15) is 18.5 Å². The fourth-order valence-electron chi connectivity index (χ4n) is 2.46. The molecule has 1 saturated heterocycles. The quantitative estimate of drug-likeness (QED) is 0.736. The molecule has 0 aliphatic carbocycles. The maximum Gasteiger partial charge on any atom is 0.236 e. The minimum atomic E-state index is -0.577. The van der Waals surface area contributed by atoms with Gasteiger partial charge in [-0.15, -0.1) is 0 Å². The number of likely N-dealkylation sites (tertiary alicyclic amines) is 1. The van der Waals surface area contributed by atoms with Gasteiger partial charge in [-0.25, -0.2) is 0 Å². The van der Waals surface area contributed by atoms with Crippen LogP contribution in [-0.2, 0) is 20.8 Å². The van der Waals surface area contributed by atoms with E-state index < -0.39 is 5.91 Å². The third-order valence-electron chi connectivity index (χ3n) is 3.67. The first-order chi connectivity index (χ1) is 10.6. The molecule has 0 saturated carbocycles. The van der Waals surface area contributed by atoms with E-state index >= 15 is 0 Å². The zero-order valence-corrected chi connectivity index (χ0v) is 12.3. The van der Waals surface area contributed by atoms with Crippen LogP contribution in [0.2, 0.25) is 0 Å². The van der Waals surface area contributed by atoms with Crippen LogP contribution in [0.25, 0.3) is 0 Å². The number of carbonyl (C=O) groups is 3. The molecule has 2 rings (SSSR count). The molecule has 22 heavy (non-hydrogen) atoms. The molecule has 7 nitrogen and oxygen atoms in total. The molecule has 1 aliphatic rings. The van der Waals surface area contributed by atoms with Gasteiger partial charge in [-0.2, -0.15) is 0 Å². The van der Waals surface area contributed by atoms with E-state index in [1.54, 1.807) is 11.1 Å². The number of pyridine rings is 1. The second-order valence-corrected chi connectivity index (χ2v) is 5.33. The Morgan fingerprint density at radius 2 is 2.23 bits per heavy atom. The van der Waals surface area contributed by atoms with Crippen LogP contribution < -0.4 is 11.1 Å². The molecule has 0 unspecified atom stereocenters. The summed E-state index contributed by atoms with van der Waals surface area (Å²) >= 11 is 0. The van der Waals surface area contributed by atoms with Crippen LogP contribution in [0.5, 0.6) is 0 Å². The molecule has 0 radical (unpaired) electrons. The van der Waals surface area contributed by atoms with Crippen LogP contribution in [0.3, 0.4) is 0 Å². The number of piperidine rings is 1. The first-order valence-electron chi connectivity index (χ1n) is 7.30. The molecule has 7 heteroatoms. The molecule has 3 amide bonds. The highest BCUT2D eigenvalue weighted by Gasteiger charge is 2.29. The van der Waals surface area contributed by atoms with Crippen molar-refractivity contribution >= 4 is 17.7 Å². The highest BCUT2D eigenvalue weighted by atomic mass is 16.2. The van der Waals surface area contributed by atoms with Gasteiger partial charge in [-0.05, 0) is 18.6 Å². The van der Waals surface area contributed by atoms with Crippen LogP contribution >= 0.6 is 0 Å². The van der Waals surface area contributed by atoms with Gasteiger partial charge in [0.05, 0.1) is 12.5 Å². The molecule has 0 bridgehead atoms. The summed E-state index contributed by atoms with van der Waals surface area (Å²) in [5, 5.41) is 2.50. The van der Waals surface area contributed by atoms with Gasteiger partial charge in [-0.3, -0.25) is 19.4 Å². The highest BCUT2D eigenvalue weighted by molar-refractivity contribution is 5.87. The number of aromatic nitrogens is 1. The number of nitrogens with two attached hydrogens (primary N) is 1. The normalized spacial score (nSPS) is 18.1. The lowest BCUT2D eigenvalue weighted by molar-refractivity contribution is -0.138. The van der Waals surface area contributed by atoms with Gasteiger partial charge >= 0.3 is 0 Å². The molecular formula is C15H20N4O3. The van der Waals surface area contributed by atoms with Crippen molar-refractivity contribution in [3.05, 3.63) is 30.1 Å². The van der Waals surface area contributed by atoms with Crippen molar-refractivity contribution < 1.29 is 14.4 Å². The predicted molar refractivity (Wildman–Crippen MR) is 79.4 cm³/mol. The SMILES string of the molecule is NC(=O)CNC(=O)[C@H]1CCC(=O)N(CCc2ccccn2)C1. The number of nitrogens with one attached hydrogen (secondary N) is 1. The summed E-state index contributed by atoms with van der Waals surface area (Å²) in [6.45, 7) is 0.739. The Labute approximate surface area is 128 Å². The Morgan fingerprint density at radius 1 is 1.41 bits per heavy atom. The Bertz CT molecular complexity index is 547. The Hall–Kier alpha value is -2.44. The lowest BCUT2D eigenvalue weighted by Crippen LogP contribution is -2.47. The van der Waals surface area contributed by atoms with Gasteiger partial charge < -0.3 is 16.0 Å². The second-order valence-electron chi connectivity index (χ2n) is 5.33. The van der Waals surface area contributed by atoms with Crippen molar-refractivity contribution in [1.29, 1.82) is 0 Å². The van der Waals surface area contributed by atoms with E-state index in [9.17, 15) is 14.4 Å². The maximum atomic E-state index is 12.0. The van der Waals surface area contributed by atoms with Gasteiger partial charge in [0.25, 0.3) is 0 Å². The summed E-state index contributed by atoms with van der Waals surface area (Å²) in [6, 6.07) is 5.65. The third kappa shape index (κ3) is 4.54. The van der Waals surface area contributed by atoms with E-state index in [2.05, 4.69) is 10.3 Å². The first kappa shape index (κ1) is 15.9. The van der Waals surface area contributed by atoms with Crippen LogP contribution in [0, 0.1) is 5.92 Å². The lowest BCUT2D eigenvalue weighted by atomic mass is 9.96. The molecule has 1 atom stereocenters. The van der Waals surface area contributed by atoms with Crippen molar-refractivity contribution in [2.45, 2.75) is 19.3 Å². The first-order valence-corrected chi connectivity index (χ1v) is 7.30. The minimum absolute atomic E-state index is 0.0508. The van der Waals surface area contributed by atoms with Gasteiger partial charge in [0.15, 0.2) is 0 Å². The van der Waals surface area contributed by atoms with Crippen molar-refractivity contribution in [2.75, 3.05) is 19.6 Å². The van der Waals surface area contributed by atoms with E-state index in [0.29, 0.717) is 32.4 Å². The summed E-state index contributed by atoms with van der Waals surface area (Å²) in [5.41, 5.74) is 5.92. The highest BCUT2D eigenvalue weighted by Crippen LogP contribution is 2.18. The summed E-state index contributed by atoms with van der Waals surface area (Å²) in [6.07, 6.45) is 3.22. The number of hydrogen-bond donors (Lipinski definition) is 2. The predicted octanol–water partition coefficient (Wildman–Crippen LogP) is -0.536. The van der Waals surface area contributed by atoms with Crippen molar-refractivity contribution in [2.24, 2.45) is 11.7 Å². The fraction of sp³-hybridized carbons (Fsp3) is 0.467. The van der Waals surface area contributed by atoms with E-state index in [1.807, 2.05) is 18.2 Å². The van der Waals surface area contributed by atoms with E-state index in [1.165, 1.54) is 0 Å². The zero-order chi connectivity index (χ0) is 15.9. The third-order valence-corrected chi connectivity index (χ3v) is 3.67. The van der Waals surface area contributed by atoms with Crippen molar-refractivity contribution in [1.82, 2.24) is 15.2 Å². The largest absolute Gasteiger partial charge is 0.368 e. The standard InChI is InChI=1S/C15H20N4O3/c16-13(20)9-18-15(22)11-4-5-14(21)19(10-11)8-6-12-3-1-2-7-17-12/h1-3,7,11H,4-6,8-10H2,(H2,16,20)(H,18,22)/t11-/m0/s1. The zero-order valence-electron chi connectivity index (χ0n) is 12.3. The Balaban J connectivity index is 1.86. The smallest absolute Gasteiger partial charge is 0.236 e. The maximum absolute atomic E-state index is 12.0. The average molecular weight is 304 g/mol. The topological polar surface area (TPSA) is 105 Å². The number of nitrogens with zero attached hydrogens (tertiary/aromatic N) is 2. The molecule has 0 spiro atoms. The summed E-state index contributed by atoms with van der Waals surface area (Å²) in [5.74, 6) is -1.04. The molecule has 0 aromatic carbocycles. The fourth-order valence-corrected chi connectivity index (χ4v) is 2.46. The number of rotatable bonds is 6. The number of amides is 3. The monoisotopic (exact) mass is 304 g/mol. The second kappa shape index (κ2) is 7.53. The molecule has 1 aromatic heterocycles. The van der Waals surface area contributed by atoms with Crippen LogP contribution in [0.15, 0.2) is 24.4 Å². The number of primary amides is 1. The average Bonchev–Trinajstić information content (AvgIpc) is 2.52. The Morgan fingerprint density at radius 3 is 2.91 bits per heavy atom. The van der Waals surface area contributed by atoms with Crippen LogP contribution in [-0.4, -0.2) is 47.2 Å². The molecular weight excluding hydrogens is 284 g/mol. The van der Waals surface area contributed by atoms with E-state index in [4.69, 9.17) is 5.73 Å². The molecule has 3 N–H and O–H groups in total. The van der Waals surface area contributed by atoms with E-state index in [0.717, 1.165) is 5.69 Å². The minimum Gasteiger partial charge on any atom is -0.368 e. The number of hydrogen-bond acceptors (Lipinski definition) is 4. The van der Waals surface area contributed by atoms with Gasteiger partial charge in [0, 0.05) is 37.8 Å².